The van der Waals surface area contributed by atoms with Crippen molar-refractivity contribution in [1.82, 2.24) is 0 Å². The molecule has 0 unspecified atom stereocenters. The third-order valence-corrected chi connectivity index (χ3v) is 4.74. The van der Waals surface area contributed by atoms with Crippen LogP contribution in [0, 0.1) is 12.7 Å². The van der Waals surface area contributed by atoms with Crippen molar-refractivity contribution in [3.05, 3.63) is 63.7 Å². The van der Waals surface area contributed by atoms with Gasteiger partial charge >= 0.3 is 0 Å². The normalized spacial score (nSPS) is 10.8. The summed E-state index contributed by atoms with van der Waals surface area (Å²) in [7, 11) is 0. The van der Waals surface area contributed by atoms with E-state index in [0.717, 1.165) is 15.6 Å². The van der Waals surface area contributed by atoms with E-state index >= 15 is 0 Å². The van der Waals surface area contributed by atoms with Crippen molar-refractivity contribution in [1.29, 1.82) is 0 Å². The van der Waals surface area contributed by atoms with Gasteiger partial charge in [-0.05, 0) is 42.1 Å². The van der Waals surface area contributed by atoms with E-state index in [9.17, 15) is 9.18 Å². The highest BCUT2D eigenvalue weighted by Crippen LogP contribution is 2.31. The fourth-order valence-corrected chi connectivity index (χ4v) is 3.42. The second-order valence-corrected chi connectivity index (χ2v) is 6.12. The Morgan fingerprint density at radius 1 is 1.24 bits per heavy atom. The van der Waals surface area contributed by atoms with E-state index in [1.165, 1.54) is 29.5 Å². The van der Waals surface area contributed by atoms with Crippen LogP contribution in [0.3, 0.4) is 0 Å². The molecule has 0 saturated heterocycles. The molecule has 106 valence electrons. The van der Waals surface area contributed by atoms with Gasteiger partial charge < -0.3 is 5.32 Å². The number of rotatable bonds is 2. The van der Waals surface area contributed by atoms with Crippen molar-refractivity contribution in [2.24, 2.45) is 0 Å². The van der Waals surface area contributed by atoms with Gasteiger partial charge in [0.1, 0.15) is 5.82 Å². The van der Waals surface area contributed by atoms with Crippen LogP contribution in [0.1, 0.15) is 15.2 Å². The highest BCUT2D eigenvalue weighted by Gasteiger charge is 2.16. The molecule has 0 spiro atoms. The van der Waals surface area contributed by atoms with Gasteiger partial charge in [0.2, 0.25) is 0 Å². The maximum absolute atomic E-state index is 13.7. The molecule has 2 nitrogen and oxygen atoms in total. The zero-order valence-corrected chi connectivity index (χ0v) is 12.7. The van der Waals surface area contributed by atoms with E-state index in [0.29, 0.717) is 9.90 Å². The number of benzene rings is 2. The maximum Gasteiger partial charge on any atom is 0.266 e. The number of hydrogen-bond donors (Lipinski definition) is 1. The number of halogens is 2. The minimum atomic E-state index is -0.547. The van der Waals surface area contributed by atoms with Gasteiger partial charge in [0.25, 0.3) is 5.91 Å². The summed E-state index contributed by atoms with van der Waals surface area (Å²) in [5.41, 5.74) is 1.03. The van der Waals surface area contributed by atoms with E-state index in [4.69, 9.17) is 11.6 Å². The molecule has 1 aromatic heterocycles. The molecule has 0 radical (unpaired) electrons. The van der Waals surface area contributed by atoms with E-state index in [-0.39, 0.29) is 11.6 Å². The van der Waals surface area contributed by atoms with Crippen LogP contribution in [0.15, 0.2) is 42.5 Å². The summed E-state index contributed by atoms with van der Waals surface area (Å²) in [6.07, 6.45) is 0. The van der Waals surface area contributed by atoms with Crippen molar-refractivity contribution in [2.45, 2.75) is 6.92 Å². The van der Waals surface area contributed by atoms with Crippen molar-refractivity contribution >= 4 is 44.6 Å². The average Bonchev–Trinajstić information content (AvgIpc) is 2.80. The lowest BCUT2D eigenvalue weighted by Crippen LogP contribution is -2.12. The monoisotopic (exact) mass is 319 g/mol. The first-order chi connectivity index (χ1) is 10.1. The highest BCUT2D eigenvalue weighted by atomic mass is 35.5. The second-order valence-electron chi connectivity index (χ2n) is 4.63. The zero-order valence-electron chi connectivity index (χ0n) is 11.1. The molecular weight excluding hydrogens is 309 g/mol. The highest BCUT2D eigenvalue weighted by molar-refractivity contribution is 7.21. The number of hydrogen-bond acceptors (Lipinski definition) is 2. The van der Waals surface area contributed by atoms with E-state index in [2.05, 4.69) is 5.32 Å². The summed E-state index contributed by atoms with van der Waals surface area (Å²) in [6, 6.07) is 12.0. The van der Waals surface area contributed by atoms with Gasteiger partial charge in [0, 0.05) is 9.72 Å². The number of aryl methyl sites for hydroxylation is 1. The van der Waals surface area contributed by atoms with Crippen molar-refractivity contribution < 1.29 is 9.18 Å². The molecule has 0 saturated carbocycles. The third kappa shape index (κ3) is 2.64. The fraction of sp³-hybridized carbons (Fsp3) is 0.0625. The largest absolute Gasteiger partial charge is 0.319 e. The molecule has 3 rings (SSSR count). The number of fused-ring (bicyclic) bond motifs is 1. The Balaban J connectivity index is 1.95. The Bertz CT molecular complexity index is 843. The molecule has 5 heteroatoms. The van der Waals surface area contributed by atoms with Gasteiger partial charge in [-0.3, -0.25) is 4.79 Å². The molecule has 0 bridgehead atoms. The summed E-state index contributed by atoms with van der Waals surface area (Å²) in [5.74, 6) is -0.857. The average molecular weight is 320 g/mol. The molecule has 3 aromatic rings. The molecule has 0 aliphatic carbocycles. The minimum absolute atomic E-state index is 0.126. The second kappa shape index (κ2) is 5.47. The number of anilines is 1. The molecule has 0 aliphatic rings. The first-order valence-corrected chi connectivity index (χ1v) is 7.50. The Hall–Kier alpha value is -1.91. The van der Waals surface area contributed by atoms with Crippen molar-refractivity contribution in [3.8, 4) is 0 Å². The Morgan fingerprint density at radius 3 is 2.71 bits per heavy atom. The van der Waals surface area contributed by atoms with Crippen molar-refractivity contribution in [2.75, 3.05) is 5.32 Å². The molecular formula is C16H11ClFNOS. The number of amides is 1. The summed E-state index contributed by atoms with van der Waals surface area (Å²) >= 11 is 7.10. The Labute approximate surface area is 130 Å². The Morgan fingerprint density at radius 2 is 2.00 bits per heavy atom. The summed E-state index contributed by atoms with van der Waals surface area (Å²) in [4.78, 5) is 12.9. The fourth-order valence-electron chi connectivity index (χ4n) is 2.16. The molecule has 0 fully saturated rings. The molecule has 0 aliphatic heterocycles. The predicted octanol–water partition coefficient (Wildman–Crippen LogP) is 5.25. The number of thiophene rings is 1. The zero-order chi connectivity index (χ0) is 15.0. The van der Waals surface area contributed by atoms with Gasteiger partial charge in [-0.2, -0.15) is 0 Å². The van der Waals surface area contributed by atoms with Gasteiger partial charge in [-0.25, -0.2) is 4.39 Å². The molecule has 21 heavy (non-hydrogen) atoms. The predicted molar refractivity (Wildman–Crippen MR) is 85.9 cm³/mol. The quantitative estimate of drug-likeness (QED) is 0.686. The third-order valence-electron chi connectivity index (χ3n) is 3.23. The number of carbonyl (C=O) groups excluding carboxylic acids is 1. The van der Waals surface area contributed by atoms with E-state index < -0.39 is 5.82 Å². The SMILES string of the molecule is Cc1c(C(=O)Nc2ccc(Cl)cc2F)sc2ccccc12. The van der Waals surface area contributed by atoms with Crippen LogP contribution in [0.4, 0.5) is 10.1 Å². The van der Waals surface area contributed by atoms with E-state index in [1.54, 1.807) is 0 Å². The summed E-state index contributed by atoms with van der Waals surface area (Å²) in [5, 5.41) is 3.93. The summed E-state index contributed by atoms with van der Waals surface area (Å²) < 4.78 is 14.8. The lowest BCUT2D eigenvalue weighted by atomic mass is 10.1. The molecule has 1 N–H and O–H groups in total. The lowest BCUT2D eigenvalue weighted by Gasteiger charge is -2.06. The molecule has 1 heterocycles. The van der Waals surface area contributed by atoms with Gasteiger partial charge in [0.15, 0.2) is 0 Å². The molecule has 1 amide bonds. The van der Waals surface area contributed by atoms with Gasteiger partial charge in [0.05, 0.1) is 10.6 Å². The van der Waals surface area contributed by atoms with Crippen LogP contribution in [-0.4, -0.2) is 5.91 Å². The van der Waals surface area contributed by atoms with Crippen molar-refractivity contribution in [3.63, 3.8) is 0 Å². The first-order valence-electron chi connectivity index (χ1n) is 6.31. The maximum atomic E-state index is 13.7. The summed E-state index contributed by atoms with van der Waals surface area (Å²) in [6.45, 7) is 1.89. The van der Waals surface area contributed by atoms with Crippen LogP contribution in [0.2, 0.25) is 5.02 Å². The van der Waals surface area contributed by atoms with Crippen LogP contribution in [0.5, 0.6) is 0 Å². The number of nitrogens with one attached hydrogen (secondary N) is 1. The van der Waals surface area contributed by atoms with Gasteiger partial charge in [-0.15, -0.1) is 11.3 Å². The first kappa shape index (κ1) is 14.0. The topological polar surface area (TPSA) is 29.1 Å². The van der Waals surface area contributed by atoms with E-state index in [1.807, 2.05) is 31.2 Å². The smallest absolute Gasteiger partial charge is 0.266 e. The van der Waals surface area contributed by atoms with Crippen LogP contribution < -0.4 is 5.32 Å². The Kier molecular flexibility index (Phi) is 3.66. The molecule has 0 atom stereocenters. The van der Waals surface area contributed by atoms with Crippen LogP contribution in [-0.2, 0) is 0 Å². The molecule has 2 aromatic carbocycles. The minimum Gasteiger partial charge on any atom is -0.319 e. The number of carbonyl (C=O) groups is 1. The van der Waals surface area contributed by atoms with Crippen LogP contribution in [0.25, 0.3) is 10.1 Å². The van der Waals surface area contributed by atoms with Crippen LogP contribution >= 0.6 is 22.9 Å². The standard InChI is InChI=1S/C16H11ClFNOS/c1-9-11-4-2-3-5-14(11)21-15(9)16(20)19-13-7-6-10(17)8-12(13)18/h2-8H,1H3,(H,19,20). The van der Waals surface area contributed by atoms with Gasteiger partial charge in [-0.1, -0.05) is 29.8 Å². The lowest BCUT2D eigenvalue weighted by molar-refractivity contribution is 0.102.